The van der Waals surface area contributed by atoms with Crippen molar-refractivity contribution in [2.45, 2.75) is 13.8 Å². The Bertz CT molecular complexity index is 457. The lowest BCUT2D eigenvalue weighted by Crippen LogP contribution is -2.56. The number of morpholine rings is 1. The van der Waals surface area contributed by atoms with E-state index in [4.69, 9.17) is 4.74 Å². The zero-order chi connectivity index (χ0) is 13.4. The monoisotopic (exact) mass is 281 g/mol. The van der Waals surface area contributed by atoms with Crippen molar-refractivity contribution in [2.24, 2.45) is 5.92 Å². The van der Waals surface area contributed by atoms with Crippen LogP contribution in [0.15, 0.2) is 0 Å². The van der Waals surface area contributed by atoms with Crippen molar-refractivity contribution in [3.05, 3.63) is 10.6 Å². The van der Waals surface area contributed by atoms with Crippen LogP contribution in [0.25, 0.3) is 0 Å². The van der Waals surface area contributed by atoms with Gasteiger partial charge >= 0.3 is 0 Å². The first kappa shape index (κ1) is 12.9. The molecule has 0 radical (unpaired) electrons. The SMILES string of the molecule is Cc1nc(N2CC(C(=O)N3CCOCC3)C2)sc1C. The van der Waals surface area contributed by atoms with Crippen LogP contribution >= 0.6 is 11.3 Å². The summed E-state index contributed by atoms with van der Waals surface area (Å²) in [5, 5.41) is 1.06. The van der Waals surface area contributed by atoms with Gasteiger partial charge in [0.15, 0.2) is 5.13 Å². The summed E-state index contributed by atoms with van der Waals surface area (Å²) in [5.41, 5.74) is 1.10. The van der Waals surface area contributed by atoms with Crippen LogP contribution in [0.3, 0.4) is 0 Å². The lowest BCUT2D eigenvalue weighted by molar-refractivity contribution is -0.140. The molecule has 104 valence electrons. The molecular weight excluding hydrogens is 262 g/mol. The predicted octanol–water partition coefficient (Wildman–Crippen LogP) is 1.05. The van der Waals surface area contributed by atoms with Gasteiger partial charge in [-0.2, -0.15) is 0 Å². The molecule has 5 nitrogen and oxygen atoms in total. The van der Waals surface area contributed by atoms with Crippen molar-refractivity contribution in [3.8, 4) is 0 Å². The molecule has 1 aromatic rings. The highest BCUT2D eigenvalue weighted by Crippen LogP contribution is 2.31. The molecule has 0 aliphatic carbocycles. The zero-order valence-corrected chi connectivity index (χ0v) is 12.2. The quantitative estimate of drug-likeness (QED) is 0.813. The molecule has 2 aliphatic rings. The number of rotatable bonds is 2. The molecule has 1 aromatic heterocycles. The molecule has 0 unspecified atom stereocenters. The lowest BCUT2D eigenvalue weighted by atomic mass is 9.99. The Morgan fingerprint density at radius 2 is 2.00 bits per heavy atom. The largest absolute Gasteiger partial charge is 0.378 e. The maximum Gasteiger partial charge on any atom is 0.229 e. The van der Waals surface area contributed by atoms with Crippen molar-refractivity contribution in [1.29, 1.82) is 0 Å². The van der Waals surface area contributed by atoms with Crippen molar-refractivity contribution in [2.75, 3.05) is 44.3 Å². The summed E-state index contributed by atoms with van der Waals surface area (Å²) in [4.78, 5) is 22.2. The van der Waals surface area contributed by atoms with E-state index in [9.17, 15) is 4.79 Å². The van der Waals surface area contributed by atoms with E-state index in [0.29, 0.717) is 13.2 Å². The average Bonchev–Trinajstić information content (AvgIpc) is 2.68. The number of thiazole rings is 1. The third-order valence-electron chi connectivity index (χ3n) is 3.84. The van der Waals surface area contributed by atoms with E-state index >= 15 is 0 Å². The average molecular weight is 281 g/mol. The summed E-state index contributed by atoms with van der Waals surface area (Å²) in [6, 6.07) is 0. The number of nitrogens with zero attached hydrogens (tertiary/aromatic N) is 3. The van der Waals surface area contributed by atoms with E-state index in [1.54, 1.807) is 11.3 Å². The summed E-state index contributed by atoms with van der Waals surface area (Å²) in [7, 11) is 0. The minimum atomic E-state index is 0.141. The molecule has 0 saturated carbocycles. The first-order valence-electron chi connectivity index (χ1n) is 6.70. The van der Waals surface area contributed by atoms with Gasteiger partial charge in [-0.1, -0.05) is 0 Å². The third-order valence-corrected chi connectivity index (χ3v) is 4.97. The van der Waals surface area contributed by atoms with Gasteiger partial charge in [-0.3, -0.25) is 4.79 Å². The highest BCUT2D eigenvalue weighted by Gasteiger charge is 2.37. The number of anilines is 1. The number of carbonyl (C=O) groups is 1. The lowest BCUT2D eigenvalue weighted by Gasteiger charge is -2.41. The fraction of sp³-hybridized carbons (Fsp3) is 0.692. The number of hydrogen-bond acceptors (Lipinski definition) is 5. The molecule has 3 heterocycles. The van der Waals surface area contributed by atoms with Gasteiger partial charge in [-0.15, -0.1) is 11.3 Å². The Balaban J connectivity index is 1.55. The molecule has 2 aliphatic heterocycles. The molecule has 0 atom stereocenters. The Kier molecular flexibility index (Phi) is 3.45. The second-order valence-electron chi connectivity index (χ2n) is 5.18. The minimum Gasteiger partial charge on any atom is -0.378 e. The first-order valence-corrected chi connectivity index (χ1v) is 7.52. The summed E-state index contributed by atoms with van der Waals surface area (Å²) >= 11 is 1.72. The van der Waals surface area contributed by atoms with Gasteiger partial charge in [0, 0.05) is 31.1 Å². The third kappa shape index (κ3) is 2.47. The summed E-state index contributed by atoms with van der Waals surface area (Å²) < 4.78 is 5.27. The molecule has 1 amide bonds. The van der Waals surface area contributed by atoms with Crippen molar-refractivity contribution in [1.82, 2.24) is 9.88 Å². The fourth-order valence-electron chi connectivity index (χ4n) is 2.42. The van der Waals surface area contributed by atoms with Crippen molar-refractivity contribution in [3.63, 3.8) is 0 Å². The van der Waals surface area contributed by atoms with Gasteiger partial charge in [0.2, 0.25) is 5.91 Å². The molecule has 0 bridgehead atoms. The minimum absolute atomic E-state index is 0.141. The topological polar surface area (TPSA) is 45.7 Å². The van der Waals surface area contributed by atoms with Crippen LogP contribution in [0.2, 0.25) is 0 Å². The van der Waals surface area contributed by atoms with Crippen LogP contribution in [0, 0.1) is 19.8 Å². The van der Waals surface area contributed by atoms with Gasteiger partial charge in [-0.05, 0) is 13.8 Å². The highest BCUT2D eigenvalue weighted by molar-refractivity contribution is 7.15. The van der Waals surface area contributed by atoms with E-state index in [0.717, 1.165) is 37.0 Å². The van der Waals surface area contributed by atoms with Gasteiger partial charge in [0.25, 0.3) is 0 Å². The van der Waals surface area contributed by atoms with Crippen LogP contribution in [0.4, 0.5) is 5.13 Å². The van der Waals surface area contributed by atoms with Gasteiger partial charge in [0.1, 0.15) is 0 Å². The number of aromatic nitrogens is 1. The van der Waals surface area contributed by atoms with E-state index < -0.39 is 0 Å². The molecule has 2 saturated heterocycles. The Labute approximate surface area is 117 Å². The highest BCUT2D eigenvalue weighted by atomic mass is 32.1. The van der Waals surface area contributed by atoms with Crippen molar-refractivity contribution >= 4 is 22.4 Å². The predicted molar refractivity (Wildman–Crippen MR) is 74.7 cm³/mol. The van der Waals surface area contributed by atoms with Crippen LogP contribution in [-0.4, -0.2) is 55.2 Å². The van der Waals surface area contributed by atoms with Gasteiger partial charge in [-0.25, -0.2) is 4.98 Å². The maximum absolute atomic E-state index is 12.3. The fourth-order valence-corrected chi connectivity index (χ4v) is 3.35. The number of amides is 1. The summed E-state index contributed by atoms with van der Waals surface area (Å²) in [6.07, 6.45) is 0. The van der Waals surface area contributed by atoms with Crippen LogP contribution in [0.1, 0.15) is 10.6 Å². The Morgan fingerprint density at radius 1 is 1.32 bits per heavy atom. The van der Waals surface area contributed by atoms with E-state index in [1.165, 1.54) is 4.88 Å². The molecule has 0 spiro atoms. The van der Waals surface area contributed by atoms with E-state index in [-0.39, 0.29) is 11.8 Å². The van der Waals surface area contributed by atoms with Crippen LogP contribution < -0.4 is 4.90 Å². The summed E-state index contributed by atoms with van der Waals surface area (Å²) in [5.74, 6) is 0.423. The van der Waals surface area contributed by atoms with Crippen LogP contribution in [0.5, 0.6) is 0 Å². The smallest absolute Gasteiger partial charge is 0.229 e. The van der Waals surface area contributed by atoms with Gasteiger partial charge < -0.3 is 14.5 Å². The summed E-state index contributed by atoms with van der Waals surface area (Å²) in [6.45, 7) is 8.57. The Morgan fingerprint density at radius 3 is 2.58 bits per heavy atom. The second-order valence-corrected chi connectivity index (χ2v) is 6.36. The molecule has 19 heavy (non-hydrogen) atoms. The van der Waals surface area contributed by atoms with Gasteiger partial charge in [0.05, 0.1) is 24.8 Å². The normalized spacial score (nSPS) is 20.5. The van der Waals surface area contributed by atoms with E-state index in [1.807, 2.05) is 11.8 Å². The number of carbonyl (C=O) groups excluding carboxylic acids is 1. The Hall–Kier alpha value is -1.14. The number of aryl methyl sites for hydroxylation is 2. The number of hydrogen-bond donors (Lipinski definition) is 0. The molecule has 0 N–H and O–H groups in total. The number of ether oxygens (including phenoxy) is 1. The van der Waals surface area contributed by atoms with Crippen molar-refractivity contribution < 1.29 is 9.53 Å². The van der Waals surface area contributed by atoms with E-state index in [2.05, 4.69) is 16.8 Å². The maximum atomic E-state index is 12.3. The molecule has 3 rings (SSSR count). The zero-order valence-electron chi connectivity index (χ0n) is 11.4. The molecule has 2 fully saturated rings. The van der Waals surface area contributed by atoms with Crippen LogP contribution in [-0.2, 0) is 9.53 Å². The second kappa shape index (κ2) is 5.09. The molecule has 0 aromatic carbocycles. The first-order chi connectivity index (χ1) is 9.15. The standard InChI is InChI=1S/C13H19N3O2S/c1-9-10(2)19-13(14-9)16-7-11(8-16)12(17)15-3-5-18-6-4-15/h11H,3-8H2,1-2H3. The molecule has 6 heteroatoms. The molecular formula is C13H19N3O2S.